The number of carbonyl (C=O) groups excluding carboxylic acids is 1. The third-order valence-corrected chi connectivity index (χ3v) is 4.84. The number of hydrogen-bond donors (Lipinski definition) is 2. The predicted octanol–water partition coefficient (Wildman–Crippen LogP) is 3.37. The molecule has 2 amide bonds. The summed E-state index contributed by atoms with van der Waals surface area (Å²) in [7, 11) is 0. The molecule has 0 saturated carbocycles. The van der Waals surface area contributed by atoms with E-state index in [1.165, 1.54) is 23.1 Å². The standard InChI is InChI=1S/C21H17F3N4O2/c22-13-3-1-2-12(8-13)9-19-26-18-6-7-28(11-15(18)20(29)27-19)21(30)25-14-4-5-16(23)17(24)10-14/h1-5,8,10H,6-7,9,11H2,(H,25,30)(H,26,27,29). The van der Waals surface area contributed by atoms with Gasteiger partial charge in [-0.25, -0.2) is 22.9 Å². The van der Waals surface area contributed by atoms with Crippen LogP contribution in [0.1, 0.15) is 22.6 Å². The number of fused-ring (bicyclic) bond motifs is 1. The Hall–Kier alpha value is -3.62. The van der Waals surface area contributed by atoms with E-state index in [9.17, 15) is 22.8 Å². The Bertz CT molecular complexity index is 1180. The van der Waals surface area contributed by atoms with Gasteiger partial charge in [-0.2, -0.15) is 0 Å². The van der Waals surface area contributed by atoms with Gasteiger partial charge in [0.05, 0.1) is 17.8 Å². The van der Waals surface area contributed by atoms with Gasteiger partial charge in [0, 0.05) is 31.1 Å². The lowest BCUT2D eigenvalue weighted by Gasteiger charge is -2.28. The maximum atomic E-state index is 13.4. The molecule has 0 fully saturated rings. The van der Waals surface area contributed by atoms with E-state index >= 15 is 0 Å². The molecule has 0 bridgehead atoms. The molecule has 3 aromatic rings. The third kappa shape index (κ3) is 4.19. The molecular weight excluding hydrogens is 397 g/mol. The van der Waals surface area contributed by atoms with Crippen LogP contribution in [0.5, 0.6) is 0 Å². The minimum absolute atomic E-state index is 0.0351. The van der Waals surface area contributed by atoms with Gasteiger partial charge in [-0.05, 0) is 29.8 Å². The summed E-state index contributed by atoms with van der Waals surface area (Å²) in [5.41, 5.74) is 1.38. The Morgan fingerprint density at radius 3 is 2.73 bits per heavy atom. The SMILES string of the molecule is O=C(Nc1ccc(F)c(F)c1)N1CCc2nc(Cc3cccc(F)c3)[nH]c(=O)c2C1. The van der Waals surface area contributed by atoms with Crippen molar-refractivity contribution in [2.75, 3.05) is 11.9 Å². The zero-order chi connectivity index (χ0) is 21.3. The molecule has 30 heavy (non-hydrogen) atoms. The monoisotopic (exact) mass is 414 g/mol. The van der Waals surface area contributed by atoms with E-state index in [-0.39, 0.29) is 30.0 Å². The van der Waals surface area contributed by atoms with Crippen LogP contribution in [0.4, 0.5) is 23.7 Å². The molecule has 2 aromatic carbocycles. The zero-order valence-electron chi connectivity index (χ0n) is 15.7. The number of nitrogens with zero attached hydrogens (tertiary/aromatic N) is 2. The molecule has 0 aliphatic carbocycles. The molecule has 0 unspecified atom stereocenters. The van der Waals surface area contributed by atoms with Crippen LogP contribution < -0.4 is 10.9 Å². The van der Waals surface area contributed by atoms with Crippen LogP contribution in [0.15, 0.2) is 47.3 Å². The van der Waals surface area contributed by atoms with Crippen molar-refractivity contribution in [2.24, 2.45) is 0 Å². The number of nitrogens with one attached hydrogen (secondary N) is 2. The summed E-state index contributed by atoms with van der Waals surface area (Å²) in [6.07, 6.45) is 0.640. The van der Waals surface area contributed by atoms with Gasteiger partial charge in [0.2, 0.25) is 0 Å². The Morgan fingerprint density at radius 1 is 1.13 bits per heavy atom. The average molecular weight is 414 g/mol. The van der Waals surface area contributed by atoms with E-state index in [0.717, 1.165) is 12.1 Å². The summed E-state index contributed by atoms with van der Waals surface area (Å²) >= 11 is 0. The topological polar surface area (TPSA) is 78.1 Å². The van der Waals surface area contributed by atoms with Gasteiger partial charge in [-0.1, -0.05) is 12.1 Å². The minimum Gasteiger partial charge on any atom is -0.320 e. The second-order valence-corrected chi connectivity index (χ2v) is 6.98. The molecule has 9 heteroatoms. The van der Waals surface area contributed by atoms with Gasteiger partial charge < -0.3 is 15.2 Å². The van der Waals surface area contributed by atoms with Gasteiger partial charge in [-0.15, -0.1) is 0 Å². The van der Waals surface area contributed by atoms with Gasteiger partial charge in [0.15, 0.2) is 11.6 Å². The molecule has 1 aliphatic rings. The van der Waals surface area contributed by atoms with E-state index < -0.39 is 17.7 Å². The molecule has 6 nitrogen and oxygen atoms in total. The van der Waals surface area contributed by atoms with Crippen LogP contribution in [0.25, 0.3) is 0 Å². The highest BCUT2D eigenvalue weighted by Crippen LogP contribution is 2.18. The number of carbonyl (C=O) groups is 1. The van der Waals surface area contributed by atoms with Crippen molar-refractivity contribution in [2.45, 2.75) is 19.4 Å². The first kappa shape index (κ1) is 19.7. The summed E-state index contributed by atoms with van der Waals surface area (Å²) in [5.74, 6) is -2.02. The Balaban J connectivity index is 1.49. The van der Waals surface area contributed by atoms with E-state index in [1.54, 1.807) is 12.1 Å². The van der Waals surface area contributed by atoms with Crippen LogP contribution >= 0.6 is 0 Å². The van der Waals surface area contributed by atoms with Crippen LogP contribution in [-0.4, -0.2) is 27.4 Å². The smallest absolute Gasteiger partial charge is 0.320 e. The van der Waals surface area contributed by atoms with Crippen molar-refractivity contribution in [3.8, 4) is 0 Å². The highest BCUT2D eigenvalue weighted by atomic mass is 19.2. The van der Waals surface area contributed by atoms with Crippen LogP contribution in [-0.2, 0) is 19.4 Å². The number of urea groups is 1. The molecule has 1 aromatic heterocycles. The molecule has 154 valence electrons. The minimum atomic E-state index is -1.07. The fourth-order valence-corrected chi connectivity index (χ4v) is 3.35. The van der Waals surface area contributed by atoms with Gasteiger partial charge in [-0.3, -0.25) is 4.79 Å². The maximum Gasteiger partial charge on any atom is 0.322 e. The fourth-order valence-electron chi connectivity index (χ4n) is 3.35. The van der Waals surface area contributed by atoms with Crippen molar-refractivity contribution in [3.05, 3.63) is 92.9 Å². The summed E-state index contributed by atoms with van der Waals surface area (Å²) in [5, 5.41) is 2.49. The van der Waals surface area contributed by atoms with Gasteiger partial charge in [0.1, 0.15) is 11.6 Å². The molecule has 2 heterocycles. The molecule has 1 aliphatic heterocycles. The molecule has 4 rings (SSSR count). The summed E-state index contributed by atoms with van der Waals surface area (Å²) in [6, 6.07) is 8.58. The number of benzene rings is 2. The third-order valence-electron chi connectivity index (χ3n) is 4.84. The Labute approximate surface area is 169 Å². The number of aromatic nitrogens is 2. The average Bonchev–Trinajstić information content (AvgIpc) is 2.70. The Morgan fingerprint density at radius 2 is 1.97 bits per heavy atom. The summed E-state index contributed by atoms with van der Waals surface area (Å²) in [6.45, 7) is 0.339. The lowest BCUT2D eigenvalue weighted by Crippen LogP contribution is -2.42. The van der Waals surface area contributed by atoms with Gasteiger partial charge in [0.25, 0.3) is 5.56 Å². The van der Waals surface area contributed by atoms with Crippen molar-refractivity contribution in [3.63, 3.8) is 0 Å². The highest BCUT2D eigenvalue weighted by molar-refractivity contribution is 5.89. The normalized spacial score (nSPS) is 13.1. The number of anilines is 1. The largest absolute Gasteiger partial charge is 0.322 e. The lowest BCUT2D eigenvalue weighted by molar-refractivity contribution is 0.205. The number of halogens is 3. The molecule has 0 saturated heterocycles. The highest BCUT2D eigenvalue weighted by Gasteiger charge is 2.25. The van der Waals surface area contributed by atoms with E-state index in [1.807, 2.05) is 0 Å². The van der Waals surface area contributed by atoms with E-state index in [0.29, 0.717) is 35.6 Å². The summed E-state index contributed by atoms with van der Waals surface area (Å²) in [4.78, 5) is 33.5. The molecule has 0 radical (unpaired) electrons. The zero-order valence-corrected chi connectivity index (χ0v) is 15.7. The molecule has 0 atom stereocenters. The number of rotatable bonds is 3. The van der Waals surface area contributed by atoms with Crippen LogP contribution in [0, 0.1) is 17.5 Å². The quantitative estimate of drug-likeness (QED) is 0.690. The Kier molecular flexibility index (Phi) is 5.26. The first-order chi connectivity index (χ1) is 14.4. The predicted molar refractivity (Wildman–Crippen MR) is 104 cm³/mol. The molecule has 0 spiro atoms. The van der Waals surface area contributed by atoms with Gasteiger partial charge >= 0.3 is 6.03 Å². The second-order valence-electron chi connectivity index (χ2n) is 6.98. The number of amides is 2. The van der Waals surface area contributed by atoms with Crippen molar-refractivity contribution in [1.29, 1.82) is 0 Å². The maximum absolute atomic E-state index is 13.4. The first-order valence-electron chi connectivity index (χ1n) is 9.25. The van der Waals surface area contributed by atoms with E-state index in [4.69, 9.17) is 0 Å². The fraction of sp³-hybridized carbons (Fsp3) is 0.190. The first-order valence-corrected chi connectivity index (χ1v) is 9.25. The number of hydrogen-bond acceptors (Lipinski definition) is 3. The van der Waals surface area contributed by atoms with Crippen LogP contribution in [0.3, 0.4) is 0 Å². The summed E-state index contributed by atoms with van der Waals surface area (Å²) < 4.78 is 39.7. The van der Waals surface area contributed by atoms with Crippen molar-refractivity contribution in [1.82, 2.24) is 14.9 Å². The number of H-pyrrole nitrogens is 1. The molecule has 2 N–H and O–H groups in total. The second kappa shape index (κ2) is 8.02. The van der Waals surface area contributed by atoms with Crippen molar-refractivity contribution >= 4 is 11.7 Å². The van der Waals surface area contributed by atoms with Crippen LogP contribution in [0.2, 0.25) is 0 Å². The van der Waals surface area contributed by atoms with E-state index in [2.05, 4.69) is 15.3 Å². The number of aromatic amines is 1. The molecular formula is C21H17F3N4O2. The van der Waals surface area contributed by atoms with Crippen molar-refractivity contribution < 1.29 is 18.0 Å². The lowest BCUT2D eigenvalue weighted by atomic mass is 10.1.